The molecule has 2 heteroatoms. The summed E-state index contributed by atoms with van der Waals surface area (Å²) >= 11 is 5.18. The van der Waals surface area contributed by atoms with Crippen LogP contribution in [0.2, 0.25) is 0 Å². The monoisotopic (exact) mass is 214 g/mol. The van der Waals surface area contributed by atoms with Crippen LogP contribution in [0, 0.1) is 19.3 Å². The van der Waals surface area contributed by atoms with E-state index in [1.807, 2.05) is 0 Å². The van der Waals surface area contributed by atoms with Gasteiger partial charge in [-0.3, -0.25) is 0 Å². The second-order valence-electron chi connectivity index (χ2n) is 2.01. The maximum Gasteiger partial charge on any atom is 0.0443 e. The largest absolute Gasteiger partial charge is 0.143 e. The first-order valence-electron chi connectivity index (χ1n) is 2.92. The number of thiophene rings is 1. The lowest BCUT2D eigenvalue weighted by atomic mass is 10.3. The zero-order valence-electron chi connectivity index (χ0n) is 5.65. The molecule has 0 N–H and O–H groups in total. The Morgan fingerprint density at radius 2 is 2.50 bits per heavy atom. The molecule has 0 saturated carbocycles. The summed E-state index contributed by atoms with van der Waals surface area (Å²) < 4.78 is 1.15. The molecule has 1 aromatic rings. The molecule has 0 saturated heterocycles. The second kappa shape index (κ2) is 3.23. The number of terminal acetylenes is 1. The Bertz CT molecular complexity index is 267. The minimum absolute atomic E-state index is 0.735. The van der Waals surface area contributed by atoms with Gasteiger partial charge in [0.15, 0.2) is 0 Å². The van der Waals surface area contributed by atoms with Crippen molar-refractivity contribution in [3.8, 4) is 12.3 Å². The van der Waals surface area contributed by atoms with Crippen LogP contribution in [-0.4, -0.2) is 0 Å². The minimum Gasteiger partial charge on any atom is -0.143 e. The highest BCUT2D eigenvalue weighted by molar-refractivity contribution is 9.10. The van der Waals surface area contributed by atoms with E-state index in [9.17, 15) is 0 Å². The first kappa shape index (κ1) is 7.84. The van der Waals surface area contributed by atoms with E-state index >= 15 is 0 Å². The summed E-state index contributed by atoms with van der Waals surface area (Å²) in [4.78, 5) is 2.55. The zero-order chi connectivity index (χ0) is 7.56. The van der Waals surface area contributed by atoms with Crippen LogP contribution in [0.3, 0.4) is 0 Å². The molecule has 0 amide bonds. The number of hydrogen-bond acceptors (Lipinski definition) is 1. The average Bonchev–Trinajstić information content (AvgIpc) is 2.13. The molecule has 0 spiro atoms. The predicted octanol–water partition coefficient (Wildman–Crippen LogP) is 2.99. The summed E-state index contributed by atoms with van der Waals surface area (Å²) in [5.41, 5.74) is 0. The Balaban J connectivity index is 2.94. The van der Waals surface area contributed by atoms with Crippen LogP contribution in [-0.2, 0) is 6.42 Å². The lowest BCUT2D eigenvalue weighted by Crippen LogP contribution is -1.71. The minimum atomic E-state index is 0.735. The Hall–Kier alpha value is -0.260. The van der Waals surface area contributed by atoms with Gasteiger partial charge < -0.3 is 0 Å². The van der Waals surface area contributed by atoms with Crippen molar-refractivity contribution in [2.75, 3.05) is 0 Å². The number of aryl methyl sites for hydroxylation is 1. The highest BCUT2D eigenvalue weighted by Crippen LogP contribution is 2.26. The smallest absolute Gasteiger partial charge is 0.0443 e. The molecule has 1 aromatic heterocycles. The van der Waals surface area contributed by atoms with E-state index in [4.69, 9.17) is 6.42 Å². The van der Waals surface area contributed by atoms with E-state index in [0.29, 0.717) is 0 Å². The predicted molar refractivity (Wildman–Crippen MR) is 49.3 cm³/mol. The molecule has 0 fully saturated rings. The van der Waals surface area contributed by atoms with Gasteiger partial charge in [0.25, 0.3) is 0 Å². The van der Waals surface area contributed by atoms with Gasteiger partial charge >= 0.3 is 0 Å². The van der Waals surface area contributed by atoms with E-state index in [2.05, 4.69) is 34.8 Å². The Kier molecular flexibility index (Phi) is 2.53. The summed E-state index contributed by atoms with van der Waals surface area (Å²) in [5.74, 6) is 2.62. The average molecular weight is 215 g/mol. The van der Waals surface area contributed by atoms with Crippen LogP contribution in [0.4, 0.5) is 0 Å². The van der Waals surface area contributed by atoms with Crippen LogP contribution in [0.15, 0.2) is 10.5 Å². The number of hydrogen-bond donors (Lipinski definition) is 0. The standard InChI is InChI=1S/C8H7BrS/c1-3-4-8-7(9)5-6(2)10-8/h1,5H,4H2,2H3. The Morgan fingerprint density at radius 1 is 1.80 bits per heavy atom. The van der Waals surface area contributed by atoms with Crippen molar-refractivity contribution in [3.63, 3.8) is 0 Å². The molecule has 0 aliphatic heterocycles. The van der Waals surface area contributed by atoms with Crippen molar-refractivity contribution >= 4 is 27.3 Å². The molecule has 1 rings (SSSR count). The van der Waals surface area contributed by atoms with Crippen molar-refractivity contribution in [3.05, 3.63) is 20.3 Å². The van der Waals surface area contributed by atoms with Crippen LogP contribution in [0.1, 0.15) is 9.75 Å². The van der Waals surface area contributed by atoms with E-state index in [1.54, 1.807) is 11.3 Å². The summed E-state index contributed by atoms with van der Waals surface area (Å²) in [7, 11) is 0. The van der Waals surface area contributed by atoms with E-state index in [1.165, 1.54) is 9.75 Å². The van der Waals surface area contributed by atoms with Crippen molar-refractivity contribution in [2.24, 2.45) is 0 Å². The fourth-order valence-electron chi connectivity index (χ4n) is 0.745. The van der Waals surface area contributed by atoms with Crippen molar-refractivity contribution in [1.29, 1.82) is 0 Å². The fraction of sp³-hybridized carbons (Fsp3) is 0.250. The summed E-state index contributed by atoms with van der Waals surface area (Å²) in [5, 5.41) is 0. The van der Waals surface area contributed by atoms with Crippen molar-refractivity contribution in [1.82, 2.24) is 0 Å². The van der Waals surface area contributed by atoms with Gasteiger partial charge in [-0.05, 0) is 28.9 Å². The Morgan fingerprint density at radius 3 is 2.90 bits per heavy atom. The molecular formula is C8H7BrS. The van der Waals surface area contributed by atoms with Gasteiger partial charge in [0.2, 0.25) is 0 Å². The molecular weight excluding hydrogens is 208 g/mol. The normalized spacial score (nSPS) is 9.30. The topological polar surface area (TPSA) is 0 Å². The van der Waals surface area contributed by atoms with Crippen LogP contribution in [0.5, 0.6) is 0 Å². The van der Waals surface area contributed by atoms with Gasteiger partial charge in [0.1, 0.15) is 0 Å². The van der Waals surface area contributed by atoms with E-state index in [0.717, 1.165) is 10.9 Å². The molecule has 0 aliphatic rings. The molecule has 10 heavy (non-hydrogen) atoms. The van der Waals surface area contributed by atoms with Gasteiger partial charge in [-0.15, -0.1) is 23.7 Å². The lowest BCUT2D eigenvalue weighted by Gasteiger charge is -1.85. The molecule has 52 valence electrons. The van der Waals surface area contributed by atoms with Gasteiger partial charge in [-0.2, -0.15) is 0 Å². The van der Waals surface area contributed by atoms with Crippen LogP contribution in [0.25, 0.3) is 0 Å². The summed E-state index contributed by atoms with van der Waals surface area (Å²) in [6, 6.07) is 2.09. The molecule has 0 bridgehead atoms. The van der Waals surface area contributed by atoms with Crippen molar-refractivity contribution in [2.45, 2.75) is 13.3 Å². The van der Waals surface area contributed by atoms with Crippen LogP contribution < -0.4 is 0 Å². The zero-order valence-corrected chi connectivity index (χ0v) is 8.05. The molecule has 0 unspecified atom stereocenters. The highest BCUT2D eigenvalue weighted by Gasteiger charge is 2.00. The van der Waals surface area contributed by atoms with E-state index in [-0.39, 0.29) is 0 Å². The van der Waals surface area contributed by atoms with Gasteiger partial charge in [0.05, 0.1) is 0 Å². The molecule has 0 atom stereocenters. The van der Waals surface area contributed by atoms with Crippen molar-refractivity contribution < 1.29 is 0 Å². The maximum absolute atomic E-state index is 5.17. The first-order chi connectivity index (χ1) is 4.74. The molecule has 0 aliphatic carbocycles. The highest BCUT2D eigenvalue weighted by atomic mass is 79.9. The Labute approximate surface area is 73.4 Å². The molecule has 0 aromatic carbocycles. The maximum atomic E-state index is 5.17. The summed E-state index contributed by atoms with van der Waals surface area (Å²) in [6.45, 7) is 2.08. The van der Waals surface area contributed by atoms with Gasteiger partial charge in [-0.25, -0.2) is 0 Å². The third-order valence-electron chi connectivity index (χ3n) is 1.14. The van der Waals surface area contributed by atoms with E-state index < -0.39 is 0 Å². The first-order valence-corrected chi connectivity index (χ1v) is 4.53. The lowest BCUT2D eigenvalue weighted by molar-refractivity contribution is 1.39. The van der Waals surface area contributed by atoms with Gasteiger partial charge in [0, 0.05) is 20.6 Å². The fourth-order valence-corrected chi connectivity index (χ4v) is 2.50. The third-order valence-corrected chi connectivity index (χ3v) is 3.16. The SMILES string of the molecule is C#CCc1sc(C)cc1Br. The molecule has 0 radical (unpaired) electrons. The number of rotatable bonds is 1. The summed E-state index contributed by atoms with van der Waals surface area (Å²) in [6.07, 6.45) is 5.91. The van der Waals surface area contributed by atoms with Crippen LogP contribution >= 0.6 is 27.3 Å². The second-order valence-corrected chi connectivity index (χ2v) is 4.20. The molecule has 0 nitrogen and oxygen atoms in total. The number of halogens is 1. The third kappa shape index (κ3) is 1.62. The molecule has 1 heterocycles. The van der Waals surface area contributed by atoms with Gasteiger partial charge in [-0.1, -0.05) is 0 Å². The quantitative estimate of drug-likeness (QED) is 0.631.